The van der Waals surface area contributed by atoms with E-state index in [0.717, 1.165) is 59.3 Å². The van der Waals surface area contributed by atoms with Crippen LogP contribution in [-0.2, 0) is 9.53 Å². The maximum Gasteiger partial charge on any atom is 0.328 e. The molecular formula is C19H22N4O3. The van der Waals surface area contributed by atoms with Crippen LogP contribution in [0.3, 0.4) is 0 Å². The number of nitrogens with one attached hydrogen (secondary N) is 1. The molecule has 1 aliphatic heterocycles. The predicted molar refractivity (Wildman–Crippen MR) is 99.6 cm³/mol. The zero-order chi connectivity index (χ0) is 18.1. The number of benzene rings is 1. The third-order valence-electron chi connectivity index (χ3n) is 4.90. The summed E-state index contributed by atoms with van der Waals surface area (Å²) >= 11 is 0. The maximum atomic E-state index is 12.4. The van der Waals surface area contributed by atoms with Crippen LogP contribution < -0.4 is 9.64 Å². The first-order valence-electron chi connectivity index (χ1n) is 8.96. The first-order chi connectivity index (χ1) is 12.7. The first kappa shape index (κ1) is 16.6. The number of ether oxygens (including phenoxy) is 2. The summed E-state index contributed by atoms with van der Waals surface area (Å²) in [4.78, 5) is 26.9. The molecule has 0 saturated carbocycles. The number of carbonyl (C=O) groups excluding carboxylic acids is 1. The lowest BCUT2D eigenvalue weighted by atomic mass is 10.0. The molecule has 1 saturated heterocycles. The topological polar surface area (TPSA) is 80.3 Å². The lowest BCUT2D eigenvalue weighted by Crippen LogP contribution is -2.46. The van der Waals surface area contributed by atoms with Gasteiger partial charge in [-0.2, -0.15) is 0 Å². The molecule has 1 atom stereocenters. The molecule has 136 valence electrons. The number of aromatic nitrogens is 3. The summed E-state index contributed by atoms with van der Waals surface area (Å²) < 4.78 is 10.6. The van der Waals surface area contributed by atoms with Crippen molar-refractivity contribution in [3.05, 3.63) is 24.5 Å². The second-order valence-corrected chi connectivity index (χ2v) is 6.41. The standard InChI is InChI=1S/C19H22N4O3/c1-3-26-19(24)15-6-4-5-9-23(15)18-17-16(20-11-21-18)13-10-12(25-2)7-8-14(13)22-17/h7-8,10-11,15,22H,3-6,9H2,1-2H3. The van der Waals surface area contributed by atoms with E-state index in [2.05, 4.69) is 19.9 Å². The number of carbonyl (C=O) groups is 1. The van der Waals surface area contributed by atoms with Gasteiger partial charge in [-0.05, 0) is 44.4 Å². The second-order valence-electron chi connectivity index (χ2n) is 6.41. The van der Waals surface area contributed by atoms with Crippen molar-refractivity contribution in [3.8, 4) is 5.75 Å². The molecule has 1 fully saturated rings. The molecule has 0 amide bonds. The highest BCUT2D eigenvalue weighted by Crippen LogP contribution is 2.34. The van der Waals surface area contributed by atoms with Crippen LogP contribution in [0.2, 0.25) is 0 Å². The van der Waals surface area contributed by atoms with Gasteiger partial charge in [0.25, 0.3) is 0 Å². The normalized spacial score (nSPS) is 17.6. The number of anilines is 1. The quantitative estimate of drug-likeness (QED) is 0.726. The second kappa shape index (κ2) is 6.82. The Balaban J connectivity index is 1.83. The fourth-order valence-electron chi connectivity index (χ4n) is 3.67. The van der Waals surface area contributed by atoms with Gasteiger partial charge in [0.15, 0.2) is 5.82 Å². The smallest absolute Gasteiger partial charge is 0.328 e. The van der Waals surface area contributed by atoms with Gasteiger partial charge in [-0.3, -0.25) is 0 Å². The summed E-state index contributed by atoms with van der Waals surface area (Å²) in [5.74, 6) is 1.35. The van der Waals surface area contributed by atoms with Crippen molar-refractivity contribution >= 4 is 33.7 Å². The van der Waals surface area contributed by atoms with Crippen LogP contribution in [0.5, 0.6) is 5.75 Å². The molecule has 0 spiro atoms. The van der Waals surface area contributed by atoms with Crippen LogP contribution in [0.15, 0.2) is 24.5 Å². The zero-order valence-electron chi connectivity index (χ0n) is 15.0. The van der Waals surface area contributed by atoms with Gasteiger partial charge in [0.1, 0.15) is 29.2 Å². The number of piperidine rings is 1. The van der Waals surface area contributed by atoms with E-state index in [1.54, 1.807) is 13.4 Å². The van der Waals surface area contributed by atoms with Crippen LogP contribution in [0.4, 0.5) is 5.82 Å². The molecule has 3 aromatic rings. The molecule has 0 radical (unpaired) electrons. The van der Waals surface area contributed by atoms with Crippen LogP contribution in [0, 0.1) is 0 Å². The molecule has 26 heavy (non-hydrogen) atoms. The molecule has 1 unspecified atom stereocenters. The zero-order valence-corrected chi connectivity index (χ0v) is 15.0. The highest BCUT2D eigenvalue weighted by molar-refractivity contribution is 6.08. The van der Waals surface area contributed by atoms with E-state index in [9.17, 15) is 4.79 Å². The number of hydrogen-bond acceptors (Lipinski definition) is 6. The largest absolute Gasteiger partial charge is 0.497 e. The Hall–Kier alpha value is -2.83. The number of methoxy groups -OCH3 is 1. The predicted octanol–water partition coefficient (Wildman–Crippen LogP) is 3.04. The lowest BCUT2D eigenvalue weighted by molar-refractivity contribution is -0.145. The van der Waals surface area contributed by atoms with E-state index in [4.69, 9.17) is 9.47 Å². The number of H-pyrrole nitrogens is 1. The van der Waals surface area contributed by atoms with E-state index >= 15 is 0 Å². The van der Waals surface area contributed by atoms with Crippen LogP contribution in [-0.4, -0.2) is 47.2 Å². The Labute approximate surface area is 151 Å². The van der Waals surface area contributed by atoms with Gasteiger partial charge >= 0.3 is 5.97 Å². The molecule has 0 bridgehead atoms. The van der Waals surface area contributed by atoms with Crippen molar-refractivity contribution in [2.24, 2.45) is 0 Å². The van der Waals surface area contributed by atoms with Gasteiger partial charge in [-0.15, -0.1) is 0 Å². The van der Waals surface area contributed by atoms with E-state index < -0.39 is 0 Å². The van der Waals surface area contributed by atoms with Gasteiger partial charge < -0.3 is 19.4 Å². The van der Waals surface area contributed by atoms with E-state index in [1.165, 1.54) is 0 Å². The highest BCUT2D eigenvalue weighted by atomic mass is 16.5. The van der Waals surface area contributed by atoms with Gasteiger partial charge in [0, 0.05) is 17.4 Å². The van der Waals surface area contributed by atoms with Crippen molar-refractivity contribution in [1.82, 2.24) is 15.0 Å². The molecule has 1 aromatic carbocycles. The third-order valence-corrected chi connectivity index (χ3v) is 4.90. The van der Waals surface area contributed by atoms with Gasteiger partial charge in [-0.25, -0.2) is 14.8 Å². The molecule has 7 nitrogen and oxygen atoms in total. The molecule has 7 heteroatoms. The Kier molecular flexibility index (Phi) is 4.36. The summed E-state index contributed by atoms with van der Waals surface area (Å²) in [5.41, 5.74) is 2.64. The minimum absolute atomic E-state index is 0.184. The van der Waals surface area contributed by atoms with E-state index in [1.807, 2.05) is 25.1 Å². The van der Waals surface area contributed by atoms with Crippen molar-refractivity contribution in [2.75, 3.05) is 25.2 Å². The van der Waals surface area contributed by atoms with Crippen molar-refractivity contribution in [2.45, 2.75) is 32.2 Å². The molecular weight excluding hydrogens is 332 g/mol. The SMILES string of the molecule is CCOC(=O)C1CCCCN1c1ncnc2c1[nH]c1ccc(OC)cc12. The van der Waals surface area contributed by atoms with Crippen LogP contribution in [0.25, 0.3) is 21.9 Å². The number of aromatic amines is 1. The molecule has 0 aliphatic carbocycles. The lowest BCUT2D eigenvalue weighted by Gasteiger charge is -2.34. The Morgan fingerprint density at radius 3 is 3.04 bits per heavy atom. The Morgan fingerprint density at radius 1 is 1.35 bits per heavy atom. The third kappa shape index (κ3) is 2.73. The van der Waals surface area contributed by atoms with Gasteiger partial charge in [0.05, 0.1) is 13.7 Å². The average Bonchev–Trinajstić information content (AvgIpc) is 3.06. The minimum Gasteiger partial charge on any atom is -0.497 e. The van der Waals surface area contributed by atoms with Crippen molar-refractivity contribution in [3.63, 3.8) is 0 Å². The molecule has 1 N–H and O–H groups in total. The fourth-order valence-corrected chi connectivity index (χ4v) is 3.67. The summed E-state index contributed by atoms with van der Waals surface area (Å²) in [7, 11) is 1.65. The molecule has 1 aliphatic rings. The number of nitrogens with zero attached hydrogens (tertiary/aromatic N) is 3. The van der Waals surface area contributed by atoms with Crippen molar-refractivity contribution in [1.29, 1.82) is 0 Å². The van der Waals surface area contributed by atoms with Crippen LogP contribution in [0.1, 0.15) is 26.2 Å². The summed E-state index contributed by atoms with van der Waals surface area (Å²) in [6.45, 7) is 2.99. The monoisotopic (exact) mass is 354 g/mol. The highest BCUT2D eigenvalue weighted by Gasteiger charge is 2.32. The Morgan fingerprint density at radius 2 is 2.23 bits per heavy atom. The number of esters is 1. The molecule has 2 aromatic heterocycles. The van der Waals surface area contributed by atoms with Gasteiger partial charge in [-0.1, -0.05) is 0 Å². The summed E-state index contributed by atoms with van der Waals surface area (Å²) in [6.07, 6.45) is 4.37. The first-order valence-corrected chi connectivity index (χ1v) is 8.96. The van der Waals surface area contributed by atoms with E-state index in [0.29, 0.717) is 6.61 Å². The maximum absolute atomic E-state index is 12.4. The van der Waals surface area contributed by atoms with Crippen molar-refractivity contribution < 1.29 is 14.3 Å². The summed E-state index contributed by atoms with van der Waals surface area (Å²) in [5, 5.41) is 0.979. The number of hydrogen-bond donors (Lipinski definition) is 1. The van der Waals surface area contributed by atoms with Gasteiger partial charge in [0.2, 0.25) is 0 Å². The van der Waals surface area contributed by atoms with Crippen LogP contribution >= 0.6 is 0 Å². The minimum atomic E-state index is -0.303. The van der Waals surface area contributed by atoms with E-state index in [-0.39, 0.29) is 12.0 Å². The Bertz CT molecular complexity index is 953. The number of fused-ring (bicyclic) bond motifs is 3. The fraction of sp³-hybridized carbons (Fsp3) is 0.421. The number of rotatable bonds is 4. The summed E-state index contributed by atoms with van der Waals surface area (Å²) in [6, 6.07) is 5.54. The molecule has 3 heterocycles. The average molecular weight is 354 g/mol. The molecule has 4 rings (SSSR count).